The van der Waals surface area contributed by atoms with E-state index in [1.54, 1.807) is 0 Å². The molecule has 0 heterocycles. The number of rotatable bonds is 53. The number of carbonyl (C=O) groups is 2. The first-order chi connectivity index (χ1) is 31.5. The molecule has 0 aromatic heterocycles. The molecule has 0 aromatic rings. The molecule has 0 spiro atoms. The Bertz CT molecular complexity index is 970. The number of aliphatic hydroxyl groups is 2. The standard InChI is InChI=1S/C58H113NO5/c1-4-7-10-13-16-19-21-23-25-27-28-30-32-34-36-39-42-45-48-51-58(63)64-54(49-46-43-40-38-35-33-31-29-26-24-22-20-17-14-11-8-5-2)52-57(62)59-55(53-60)56(61)50-47-44-41-37-18-15-12-9-6-3/h23,25,54-56,60-61H,4-22,24,26-53H2,1-3H3,(H,59,62)/b25-23+. The van der Waals surface area contributed by atoms with Crippen LogP contribution in [0.2, 0.25) is 0 Å². The highest BCUT2D eigenvalue weighted by atomic mass is 16.5. The number of aliphatic hydroxyl groups excluding tert-OH is 2. The number of carbonyl (C=O) groups excluding carboxylic acids is 2. The van der Waals surface area contributed by atoms with Crippen molar-refractivity contribution in [2.24, 2.45) is 0 Å². The molecule has 6 nitrogen and oxygen atoms in total. The van der Waals surface area contributed by atoms with Crippen LogP contribution in [0.15, 0.2) is 12.2 Å². The van der Waals surface area contributed by atoms with Gasteiger partial charge < -0.3 is 20.3 Å². The van der Waals surface area contributed by atoms with Gasteiger partial charge in [-0.15, -0.1) is 0 Å². The van der Waals surface area contributed by atoms with Crippen molar-refractivity contribution in [2.45, 2.75) is 341 Å². The molecule has 0 aromatic carbocycles. The summed E-state index contributed by atoms with van der Waals surface area (Å²) in [6.07, 6.45) is 60.0. The maximum atomic E-state index is 13.2. The van der Waals surface area contributed by atoms with Gasteiger partial charge in [0.2, 0.25) is 5.91 Å². The highest BCUT2D eigenvalue weighted by molar-refractivity contribution is 5.77. The molecule has 0 radical (unpaired) electrons. The Kier molecular flexibility index (Phi) is 51.4. The second kappa shape index (κ2) is 52.6. The molecule has 380 valence electrons. The monoisotopic (exact) mass is 904 g/mol. The van der Waals surface area contributed by atoms with Crippen LogP contribution in [0.25, 0.3) is 0 Å². The maximum Gasteiger partial charge on any atom is 0.306 e. The lowest BCUT2D eigenvalue weighted by atomic mass is 10.0. The number of hydrogen-bond donors (Lipinski definition) is 3. The zero-order chi connectivity index (χ0) is 46.7. The molecular weight excluding hydrogens is 791 g/mol. The Morgan fingerprint density at radius 3 is 1.11 bits per heavy atom. The quantitative estimate of drug-likeness (QED) is 0.0321. The molecule has 6 heteroatoms. The van der Waals surface area contributed by atoms with Gasteiger partial charge in [0, 0.05) is 6.42 Å². The second-order valence-corrected chi connectivity index (χ2v) is 20.1. The summed E-state index contributed by atoms with van der Waals surface area (Å²) in [5.41, 5.74) is 0. The van der Waals surface area contributed by atoms with Crippen molar-refractivity contribution in [3.8, 4) is 0 Å². The van der Waals surface area contributed by atoms with Crippen molar-refractivity contribution in [2.75, 3.05) is 6.61 Å². The molecule has 0 bridgehead atoms. The van der Waals surface area contributed by atoms with Gasteiger partial charge in [0.25, 0.3) is 0 Å². The van der Waals surface area contributed by atoms with Crippen LogP contribution in [0.3, 0.4) is 0 Å². The van der Waals surface area contributed by atoms with E-state index in [9.17, 15) is 19.8 Å². The normalized spacial score (nSPS) is 13.1. The Hall–Kier alpha value is -1.40. The third-order valence-corrected chi connectivity index (χ3v) is 13.6. The Labute approximate surface area is 399 Å². The van der Waals surface area contributed by atoms with Crippen molar-refractivity contribution in [1.82, 2.24) is 5.32 Å². The summed E-state index contributed by atoms with van der Waals surface area (Å²) in [5.74, 6) is -0.454. The van der Waals surface area contributed by atoms with Gasteiger partial charge in [0.15, 0.2) is 0 Å². The lowest BCUT2D eigenvalue weighted by Gasteiger charge is -2.24. The fourth-order valence-electron chi connectivity index (χ4n) is 9.19. The van der Waals surface area contributed by atoms with Gasteiger partial charge in [-0.1, -0.05) is 270 Å². The molecule has 3 atom stereocenters. The first-order valence-electron chi connectivity index (χ1n) is 28.9. The van der Waals surface area contributed by atoms with Crippen LogP contribution >= 0.6 is 0 Å². The molecular formula is C58H113NO5. The van der Waals surface area contributed by atoms with Crippen molar-refractivity contribution >= 4 is 11.9 Å². The van der Waals surface area contributed by atoms with Gasteiger partial charge in [-0.25, -0.2) is 0 Å². The Balaban J connectivity index is 4.46. The molecule has 0 saturated carbocycles. The fraction of sp³-hybridized carbons (Fsp3) is 0.931. The van der Waals surface area contributed by atoms with E-state index in [1.807, 2.05) is 0 Å². The van der Waals surface area contributed by atoms with E-state index < -0.39 is 18.2 Å². The fourth-order valence-corrected chi connectivity index (χ4v) is 9.19. The highest BCUT2D eigenvalue weighted by Crippen LogP contribution is 2.19. The van der Waals surface area contributed by atoms with E-state index in [4.69, 9.17) is 4.74 Å². The molecule has 0 aliphatic carbocycles. The first kappa shape index (κ1) is 62.6. The van der Waals surface area contributed by atoms with Gasteiger partial charge in [-0.05, 0) is 51.4 Å². The van der Waals surface area contributed by atoms with E-state index in [2.05, 4.69) is 38.2 Å². The minimum absolute atomic E-state index is 0.0847. The summed E-state index contributed by atoms with van der Waals surface area (Å²) < 4.78 is 5.97. The summed E-state index contributed by atoms with van der Waals surface area (Å²) in [5, 5.41) is 23.8. The summed E-state index contributed by atoms with van der Waals surface area (Å²) in [4.78, 5) is 26.2. The molecule has 0 aliphatic heterocycles. The lowest BCUT2D eigenvalue weighted by Crippen LogP contribution is -2.46. The number of hydrogen-bond acceptors (Lipinski definition) is 5. The number of esters is 1. The van der Waals surface area contributed by atoms with E-state index in [0.29, 0.717) is 19.3 Å². The Morgan fingerprint density at radius 1 is 0.438 bits per heavy atom. The largest absolute Gasteiger partial charge is 0.462 e. The van der Waals surface area contributed by atoms with Crippen molar-refractivity contribution in [3.63, 3.8) is 0 Å². The van der Waals surface area contributed by atoms with E-state index in [1.165, 1.54) is 231 Å². The topological polar surface area (TPSA) is 95.9 Å². The summed E-state index contributed by atoms with van der Waals surface area (Å²) in [6.45, 7) is 6.50. The summed E-state index contributed by atoms with van der Waals surface area (Å²) in [7, 11) is 0. The highest BCUT2D eigenvalue weighted by Gasteiger charge is 2.24. The average Bonchev–Trinajstić information content (AvgIpc) is 3.29. The van der Waals surface area contributed by atoms with Crippen molar-refractivity contribution in [1.29, 1.82) is 0 Å². The molecule has 1 amide bonds. The van der Waals surface area contributed by atoms with E-state index >= 15 is 0 Å². The molecule has 0 rings (SSSR count). The third-order valence-electron chi connectivity index (χ3n) is 13.6. The SMILES string of the molecule is CCCCCCCC/C=C/CCCCCCCCCCCC(=O)OC(CCCCCCCCCCCCCCCCCCC)CC(=O)NC(CO)C(O)CCCCCCCCCCC. The van der Waals surface area contributed by atoms with E-state index in [0.717, 1.165) is 44.9 Å². The van der Waals surface area contributed by atoms with Crippen molar-refractivity contribution in [3.05, 3.63) is 12.2 Å². The van der Waals surface area contributed by atoms with Crippen LogP contribution in [-0.2, 0) is 14.3 Å². The summed E-state index contributed by atoms with van der Waals surface area (Å²) in [6, 6.07) is -0.695. The Morgan fingerprint density at radius 2 is 0.750 bits per heavy atom. The maximum absolute atomic E-state index is 13.2. The van der Waals surface area contributed by atoms with Crippen molar-refractivity contribution < 1.29 is 24.5 Å². The van der Waals surface area contributed by atoms with Crippen LogP contribution < -0.4 is 5.32 Å². The second-order valence-electron chi connectivity index (χ2n) is 20.1. The summed E-state index contributed by atoms with van der Waals surface area (Å²) >= 11 is 0. The average molecular weight is 905 g/mol. The molecule has 3 unspecified atom stereocenters. The van der Waals surface area contributed by atoms with Gasteiger partial charge in [-0.2, -0.15) is 0 Å². The number of allylic oxidation sites excluding steroid dienone is 2. The molecule has 3 N–H and O–H groups in total. The predicted molar refractivity (Wildman–Crippen MR) is 278 cm³/mol. The van der Waals surface area contributed by atoms with Gasteiger partial charge in [0.1, 0.15) is 6.10 Å². The number of ether oxygens (including phenoxy) is 1. The minimum Gasteiger partial charge on any atom is -0.462 e. The minimum atomic E-state index is -0.781. The van der Waals surface area contributed by atoms with Crippen LogP contribution in [0.5, 0.6) is 0 Å². The van der Waals surface area contributed by atoms with E-state index in [-0.39, 0.29) is 24.9 Å². The zero-order valence-corrected chi connectivity index (χ0v) is 43.4. The molecule has 0 saturated heterocycles. The van der Waals surface area contributed by atoms with Gasteiger partial charge in [-0.3, -0.25) is 9.59 Å². The third kappa shape index (κ3) is 47.1. The van der Waals surface area contributed by atoms with Crippen LogP contribution in [0, 0.1) is 0 Å². The van der Waals surface area contributed by atoms with Crippen LogP contribution in [0.1, 0.15) is 323 Å². The van der Waals surface area contributed by atoms with Crippen LogP contribution in [-0.4, -0.2) is 46.9 Å². The van der Waals surface area contributed by atoms with Gasteiger partial charge in [0.05, 0.1) is 25.2 Å². The molecule has 0 fully saturated rings. The number of amides is 1. The molecule has 0 aliphatic rings. The van der Waals surface area contributed by atoms with Crippen LogP contribution in [0.4, 0.5) is 0 Å². The number of nitrogens with one attached hydrogen (secondary N) is 1. The molecule has 64 heavy (non-hydrogen) atoms. The first-order valence-corrected chi connectivity index (χ1v) is 28.9. The zero-order valence-electron chi connectivity index (χ0n) is 43.4. The smallest absolute Gasteiger partial charge is 0.306 e. The van der Waals surface area contributed by atoms with Gasteiger partial charge >= 0.3 is 5.97 Å². The number of unbranched alkanes of at least 4 members (excludes halogenated alkanes) is 39. The predicted octanol–water partition coefficient (Wildman–Crippen LogP) is 17.7. The lowest BCUT2D eigenvalue weighted by molar-refractivity contribution is -0.151.